The van der Waals surface area contributed by atoms with E-state index in [1.54, 1.807) is 6.07 Å². The smallest absolute Gasteiger partial charge is 0.100 e. The summed E-state index contributed by atoms with van der Waals surface area (Å²) in [5, 5.41) is 12.1. The first-order valence-corrected chi connectivity index (χ1v) is 6.15. The van der Waals surface area contributed by atoms with Gasteiger partial charge in [0.15, 0.2) is 0 Å². The summed E-state index contributed by atoms with van der Waals surface area (Å²) in [7, 11) is 0. The minimum Gasteiger partial charge on any atom is -0.383 e. The number of hydrogen-bond donors (Lipinski definition) is 2. The molecule has 3 N–H and O–H groups in total. The number of nitrogens with two attached hydrogens (primary N) is 1. The molecule has 0 spiro atoms. The van der Waals surface area contributed by atoms with Gasteiger partial charge in [-0.25, -0.2) is 0 Å². The molecule has 84 valence electrons. The molecule has 0 heterocycles. The Labute approximate surface area is 104 Å². The van der Waals surface area contributed by atoms with Crippen molar-refractivity contribution in [2.24, 2.45) is 5.73 Å². The number of nitrogens with one attached hydrogen (secondary N) is 1. The molecule has 0 amide bonds. The summed E-state index contributed by atoms with van der Waals surface area (Å²) < 4.78 is 0.819. The van der Waals surface area contributed by atoms with Crippen LogP contribution >= 0.6 is 15.9 Å². The van der Waals surface area contributed by atoms with Crippen LogP contribution in [0.1, 0.15) is 24.8 Å². The predicted octanol–water partition coefficient (Wildman–Crippen LogP) is 2.61. The van der Waals surface area contributed by atoms with E-state index in [0.29, 0.717) is 5.56 Å². The zero-order valence-corrected chi connectivity index (χ0v) is 10.5. The van der Waals surface area contributed by atoms with Crippen molar-refractivity contribution >= 4 is 21.6 Å². The van der Waals surface area contributed by atoms with Crippen LogP contribution in [0.4, 0.5) is 5.69 Å². The Bertz CT molecular complexity index is 432. The van der Waals surface area contributed by atoms with Crippen molar-refractivity contribution in [2.45, 2.75) is 24.8 Å². The van der Waals surface area contributed by atoms with Crippen LogP contribution in [0.2, 0.25) is 0 Å². The molecule has 3 nitrogen and oxygen atoms in total. The first-order chi connectivity index (χ1) is 7.63. The maximum absolute atomic E-state index is 8.80. The monoisotopic (exact) mass is 279 g/mol. The van der Waals surface area contributed by atoms with Crippen LogP contribution < -0.4 is 11.1 Å². The van der Waals surface area contributed by atoms with Gasteiger partial charge in [-0.05, 0) is 53.4 Å². The minimum absolute atomic E-state index is 0.0274. The van der Waals surface area contributed by atoms with Crippen LogP contribution in [-0.2, 0) is 0 Å². The Morgan fingerprint density at radius 1 is 1.50 bits per heavy atom. The molecule has 1 aliphatic rings. The fourth-order valence-electron chi connectivity index (χ4n) is 1.80. The fourth-order valence-corrected chi connectivity index (χ4v) is 2.27. The fraction of sp³-hybridized carbons (Fsp3) is 0.417. The highest BCUT2D eigenvalue weighted by molar-refractivity contribution is 9.10. The highest BCUT2D eigenvalue weighted by Crippen LogP contribution is 2.29. The largest absolute Gasteiger partial charge is 0.383 e. The summed E-state index contributed by atoms with van der Waals surface area (Å²) in [6.45, 7) is 0.797. The molecule has 1 aromatic carbocycles. The van der Waals surface area contributed by atoms with Gasteiger partial charge in [-0.2, -0.15) is 5.26 Å². The molecule has 0 unspecified atom stereocenters. The van der Waals surface area contributed by atoms with E-state index in [1.807, 2.05) is 12.1 Å². The maximum atomic E-state index is 8.80. The van der Waals surface area contributed by atoms with E-state index in [0.717, 1.165) is 29.5 Å². The van der Waals surface area contributed by atoms with Crippen LogP contribution in [0.3, 0.4) is 0 Å². The molecule has 4 heteroatoms. The highest BCUT2D eigenvalue weighted by atomic mass is 79.9. The third kappa shape index (κ3) is 2.37. The minimum atomic E-state index is -0.0274. The number of nitriles is 1. The van der Waals surface area contributed by atoms with Crippen molar-refractivity contribution in [2.75, 3.05) is 11.9 Å². The predicted molar refractivity (Wildman–Crippen MR) is 68.1 cm³/mol. The molecule has 0 aliphatic heterocycles. The molecule has 0 atom stereocenters. The number of nitrogens with zero attached hydrogens (tertiary/aromatic N) is 1. The first-order valence-electron chi connectivity index (χ1n) is 5.35. The zero-order valence-electron chi connectivity index (χ0n) is 8.96. The molecule has 1 aliphatic carbocycles. The van der Waals surface area contributed by atoms with Crippen molar-refractivity contribution in [3.63, 3.8) is 0 Å². The SMILES string of the molecule is N#Cc1ccc(NCC2(N)CCC2)cc1Br. The molecule has 0 saturated heterocycles. The van der Waals surface area contributed by atoms with Gasteiger partial charge < -0.3 is 11.1 Å². The second-order valence-corrected chi connectivity index (χ2v) is 5.23. The van der Waals surface area contributed by atoms with Crippen LogP contribution in [0, 0.1) is 11.3 Å². The molecule has 0 radical (unpaired) electrons. The molecule has 1 saturated carbocycles. The summed E-state index contributed by atoms with van der Waals surface area (Å²) >= 11 is 3.37. The van der Waals surface area contributed by atoms with Gasteiger partial charge in [0, 0.05) is 22.2 Å². The van der Waals surface area contributed by atoms with Gasteiger partial charge in [-0.15, -0.1) is 0 Å². The van der Waals surface area contributed by atoms with Gasteiger partial charge in [-0.3, -0.25) is 0 Å². The van der Waals surface area contributed by atoms with Crippen molar-refractivity contribution < 1.29 is 0 Å². The van der Waals surface area contributed by atoms with Gasteiger partial charge in [0.05, 0.1) is 5.56 Å². The van der Waals surface area contributed by atoms with Crippen molar-refractivity contribution in [1.29, 1.82) is 5.26 Å². The first kappa shape index (κ1) is 11.4. The second kappa shape index (κ2) is 4.44. The third-order valence-corrected chi connectivity index (χ3v) is 3.74. The lowest BCUT2D eigenvalue weighted by molar-refractivity contribution is 0.265. The average molecular weight is 280 g/mol. The zero-order chi connectivity index (χ0) is 11.6. The summed E-state index contributed by atoms with van der Waals surface area (Å²) in [5.41, 5.74) is 7.74. The second-order valence-electron chi connectivity index (χ2n) is 4.38. The lowest BCUT2D eigenvalue weighted by atomic mass is 9.78. The molecular formula is C12H14BrN3. The summed E-state index contributed by atoms with van der Waals surface area (Å²) in [6, 6.07) is 7.75. The summed E-state index contributed by atoms with van der Waals surface area (Å²) in [5.74, 6) is 0. The highest BCUT2D eigenvalue weighted by Gasteiger charge is 2.31. The van der Waals surface area contributed by atoms with Crippen molar-refractivity contribution in [3.8, 4) is 6.07 Å². The average Bonchev–Trinajstić information content (AvgIpc) is 2.24. The Hall–Kier alpha value is -1.05. The van der Waals surface area contributed by atoms with Gasteiger partial charge in [0.1, 0.15) is 6.07 Å². The van der Waals surface area contributed by atoms with E-state index in [-0.39, 0.29) is 5.54 Å². The number of benzene rings is 1. The molecule has 0 bridgehead atoms. The molecule has 2 rings (SSSR count). The maximum Gasteiger partial charge on any atom is 0.100 e. The van der Waals surface area contributed by atoms with Crippen molar-refractivity contribution in [3.05, 3.63) is 28.2 Å². The van der Waals surface area contributed by atoms with E-state index < -0.39 is 0 Å². The van der Waals surface area contributed by atoms with E-state index in [1.165, 1.54) is 6.42 Å². The van der Waals surface area contributed by atoms with Gasteiger partial charge in [-0.1, -0.05) is 0 Å². The molecule has 0 aromatic heterocycles. The van der Waals surface area contributed by atoms with E-state index >= 15 is 0 Å². The quantitative estimate of drug-likeness (QED) is 0.894. The number of hydrogen-bond acceptors (Lipinski definition) is 3. The molecule has 1 aromatic rings. The van der Waals surface area contributed by atoms with Gasteiger partial charge >= 0.3 is 0 Å². The summed E-state index contributed by atoms with van der Waals surface area (Å²) in [6.07, 6.45) is 3.42. The molecule has 16 heavy (non-hydrogen) atoms. The normalized spacial score (nSPS) is 17.3. The molecule has 1 fully saturated rings. The number of halogens is 1. The Morgan fingerprint density at radius 3 is 2.75 bits per heavy atom. The standard InChI is InChI=1S/C12H14BrN3/c13-11-6-10(3-2-9(11)7-14)16-8-12(15)4-1-5-12/h2-3,6,16H,1,4-5,8,15H2. The molecular weight excluding hydrogens is 266 g/mol. The topological polar surface area (TPSA) is 61.8 Å². The van der Waals surface area contributed by atoms with E-state index in [9.17, 15) is 0 Å². The Balaban J connectivity index is 2.00. The number of anilines is 1. The number of rotatable bonds is 3. The van der Waals surface area contributed by atoms with Crippen molar-refractivity contribution in [1.82, 2.24) is 0 Å². The lowest BCUT2D eigenvalue weighted by Crippen LogP contribution is -2.51. The Kier molecular flexibility index (Phi) is 3.17. The van der Waals surface area contributed by atoms with Crippen LogP contribution in [0.15, 0.2) is 22.7 Å². The van der Waals surface area contributed by atoms with Crippen LogP contribution in [-0.4, -0.2) is 12.1 Å². The van der Waals surface area contributed by atoms with Gasteiger partial charge in [0.25, 0.3) is 0 Å². The van der Waals surface area contributed by atoms with Crippen LogP contribution in [0.5, 0.6) is 0 Å². The van der Waals surface area contributed by atoms with Gasteiger partial charge in [0.2, 0.25) is 0 Å². The lowest BCUT2D eigenvalue weighted by Gasteiger charge is -2.38. The summed E-state index contributed by atoms with van der Waals surface area (Å²) in [4.78, 5) is 0. The van der Waals surface area contributed by atoms with E-state index in [2.05, 4.69) is 27.3 Å². The van der Waals surface area contributed by atoms with E-state index in [4.69, 9.17) is 11.0 Å². The Morgan fingerprint density at radius 2 is 2.25 bits per heavy atom. The van der Waals surface area contributed by atoms with Crippen LogP contribution in [0.25, 0.3) is 0 Å². The third-order valence-electron chi connectivity index (χ3n) is 3.08.